The van der Waals surface area contributed by atoms with Gasteiger partial charge < -0.3 is 19.9 Å². The second-order valence-corrected chi connectivity index (χ2v) is 8.17. The monoisotopic (exact) mass is 423 g/mol. The SMILES string of the molecule is COc1ccc(N2CCN(C(=O)[C@H]3CCC[C@H]3NC(=O)c3cnc(C)cn3)CC2)cc1. The Morgan fingerprint density at radius 1 is 1.03 bits per heavy atom. The fourth-order valence-electron chi connectivity index (χ4n) is 4.39. The molecule has 1 aliphatic carbocycles. The van der Waals surface area contributed by atoms with Gasteiger partial charge >= 0.3 is 0 Å². The maximum Gasteiger partial charge on any atom is 0.271 e. The van der Waals surface area contributed by atoms with E-state index in [0.717, 1.165) is 49.5 Å². The molecule has 0 radical (unpaired) electrons. The molecule has 0 spiro atoms. The summed E-state index contributed by atoms with van der Waals surface area (Å²) in [7, 11) is 1.66. The summed E-state index contributed by atoms with van der Waals surface area (Å²) >= 11 is 0. The van der Waals surface area contributed by atoms with Gasteiger partial charge in [0.1, 0.15) is 11.4 Å². The summed E-state index contributed by atoms with van der Waals surface area (Å²) in [6, 6.07) is 7.86. The largest absolute Gasteiger partial charge is 0.497 e. The van der Waals surface area contributed by atoms with Crippen LogP contribution < -0.4 is 15.0 Å². The summed E-state index contributed by atoms with van der Waals surface area (Å²) < 4.78 is 5.22. The van der Waals surface area contributed by atoms with Crippen LogP contribution in [0.4, 0.5) is 5.69 Å². The van der Waals surface area contributed by atoms with Gasteiger partial charge in [-0.3, -0.25) is 14.6 Å². The van der Waals surface area contributed by atoms with Crippen LogP contribution in [0, 0.1) is 12.8 Å². The van der Waals surface area contributed by atoms with Gasteiger partial charge in [-0.2, -0.15) is 0 Å². The third-order valence-electron chi connectivity index (χ3n) is 6.19. The number of carbonyl (C=O) groups excluding carboxylic acids is 2. The van der Waals surface area contributed by atoms with E-state index in [1.165, 1.54) is 6.20 Å². The van der Waals surface area contributed by atoms with Gasteiger partial charge in [-0.25, -0.2) is 4.98 Å². The van der Waals surface area contributed by atoms with Crippen LogP contribution in [0.2, 0.25) is 0 Å². The molecule has 2 fully saturated rings. The molecule has 4 rings (SSSR count). The van der Waals surface area contributed by atoms with Gasteiger partial charge in [0.2, 0.25) is 5.91 Å². The third-order valence-corrected chi connectivity index (χ3v) is 6.19. The molecule has 8 heteroatoms. The van der Waals surface area contributed by atoms with Crippen LogP contribution in [0.5, 0.6) is 5.75 Å². The Morgan fingerprint density at radius 2 is 1.77 bits per heavy atom. The van der Waals surface area contributed by atoms with E-state index in [0.29, 0.717) is 13.1 Å². The molecule has 8 nitrogen and oxygen atoms in total. The first kappa shape index (κ1) is 21.1. The molecule has 2 aromatic rings. The van der Waals surface area contributed by atoms with Crippen molar-refractivity contribution >= 4 is 17.5 Å². The number of aromatic nitrogens is 2. The molecule has 1 aromatic carbocycles. The van der Waals surface area contributed by atoms with Crippen molar-refractivity contribution in [2.24, 2.45) is 5.92 Å². The Bertz CT molecular complexity index is 908. The maximum atomic E-state index is 13.2. The summed E-state index contributed by atoms with van der Waals surface area (Å²) in [5.41, 5.74) is 2.19. The minimum Gasteiger partial charge on any atom is -0.497 e. The molecule has 31 heavy (non-hydrogen) atoms. The number of nitrogens with one attached hydrogen (secondary N) is 1. The van der Waals surface area contributed by atoms with Gasteiger partial charge in [0.05, 0.1) is 24.9 Å². The van der Waals surface area contributed by atoms with Crippen LogP contribution in [0.15, 0.2) is 36.7 Å². The van der Waals surface area contributed by atoms with Crippen LogP contribution >= 0.6 is 0 Å². The van der Waals surface area contributed by atoms with E-state index >= 15 is 0 Å². The predicted octanol–water partition coefficient (Wildman–Crippen LogP) is 2.04. The highest BCUT2D eigenvalue weighted by Gasteiger charge is 2.37. The van der Waals surface area contributed by atoms with Crippen molar-refractivity contribution in [2.45, 2.75) is 32.2 Å². The lowest BCUT2D eigenvalue weighted by Crippen LogP contribution is -2.53. The molecule has 1 aliphatic heterocycles. The van der Waals surface area contributed by atoms with Crippen LogP contribution in [-0.2, 0) is 4.79 Å². The molecule has 0 unspecified atom stereocenters. The number of nitrogens with zero attached hydrogens (tertiary/aromatic N) is 4. The van der Waals surface area contributed by atoms with Gasteiger partial charge in [-0.1, -0.05) is 6.42 Å². The number of piperazine rings is 1. The zero-order chi connectivity index (χ0) is 21.8. The quantitative estimate of drug-likeness (QED) is 0.792. The zero-order valence-corrected chi connectivity index (χ0v) is 18.1. The van der Waals surface area contributed by atoms with E-state index in [-0.39, 0.29) is 29.5 Å². The number of carbonyl (C=O) groups is 2. The van der Waals surface area contributed by atoms with Crippen LogP contribution in [0.3, 0.4) is 0 Å². The highest BCUT2D eigenvalue weighted by Crippen LogP contribution is 2.29. The number of rotatable bonds is 5. The number of methoxy groups -OCH3 is 1. The smallest absolute Gasteiger partial charge is 0.271 e. The Hall–Kier alpha value is -3.16. The first-order valence-corrected chi connectivity index (χ1v) is 10.8. The molecule has 1 N–H and O–H groups in total. The fourth-order valence-corrected chi connectivity index (χ4v) is 4.39. The molecule has 2 atom stereocenters. The molecule has 1 saturated heterocycles. The predicted molar refractivity (Wildman–Crippen MR) is 117 cm³/mol. The Labute approximate surface area is 182 Å². The number of hydrogen-bond donors (Lipinski definition) is 1. The van der Waals surface area contributed by atoms with Crippen LogP contribution in [-0.4, -0.2) is 66.0 Å². The van der Waals surface area contributed by atoms with E-state index in [1.807, 2.05) is 36.1 Å². The Kier molecular flexibility index (Phi) is 6.34. The van der Waals surface area contributed by atoms with Crippen molar-refractivity contribution in [3.8, 4) is 5.75 Å². The second-order valence-electron chi connectivity index (χ2n) is 8.17. The minimum absolute atomic E-state index is 0.146. The maximum absolute atomic E-state index is 13.2. The van der Waals surface area contributed by atoms with Crippen molar-refractivity contribution in [3.05, 3.63) is 48.0 Å². The molecule has 2 aliphatic rings. The second kappa shape index (κ2) is 9.32. The van der Waals surface area contributed by atoms with Crippen molar-refractivity contribution in [3.63, 3.8) is 0 Å². The van der Waals surface area contributed by atoms with Gasteiger partial charge in [0.15, 0.2) is 0 Å². The minimum atomic E-state index is -0.262. The third kappa shape index (κ3) is 4.78. The van der Waals surface area contributed by atoms with Gasteiger partial charge in [0, 0.05) is 44.1 Å². The number of hydrogen-bond acceptors (Lipinski definition) is 6. The Balaban J connectivity index is 1.33. The molecule has 1 saturated carbocycles. The topological polar surface area (TPSA) is 87.7 Å². The average molecular weight is 424 g/mol. The van der Waals surface area contributed by atoms with Gasteiger partial charge in [-0.05, 0) is 44.0 Å². The van der Waals surface area contributed by atoms with E-state index in [1.54, 1.807) is 13.3 Å². The summed E-state index contributed by atoms with van der Waals surface area (Å²) in [6.07, 6.45) is 5.62. The lowest BCUT2D eigenvalue weighted by atomic mass is 10.0. The normalized spacial score (nSPS) is 21.1. The standard InChI is InChI=1S/C23H29N5O3/c1-16-14-25-21(15-24-16)22(29)26-20-5-3-4-19(20)23(30)28-12-10-27(11-13-28)17-6-8-18(31-2)9-7-17/h6-9,14-15,19-20H,3-5,10-13H2,1-2H3,(H,26,29)/t19-,20+/m0/s1. The highest BCUT2D eigenvalue weighted by molar-refractivity contribution is 5.92. The lowest BCUT2D eigenvalue weighted by molar-refractivity contribution is -0.136. The first-order valence-electron chi connectivity index (χ1n) is 10.8. The zero-order valence-electron chi connectivity index (χ0n) is 18.1. The molecule has 0 bridgehead atoms. The summed E-state index contributed by atoms with van der Waals surface area (Å²) in [4.78, 5) is 38.3. The number of amides is 2. The van der Waals surface area contributed by atoms with E-state index in [4.69, 9.17) is 4.74 Å². The van der Waals surface area contributed by atoms with Crippen LogP contribution in [0.1, 0.15) is 35.4 Å². The molecule has 164 valence electrons. The summed E-state index contributed by atoms with van der Waals surface area (Å²) in [5, 5.41) is 3.02. The summed E-state index contributed by atoms with van der Waals surface area (Å²) in [5.74, 6) is 0.548. The average Bonchev–Trinajstić information content (AvgIpc) is 3.27. The van der Waals surface area contributed by atoms with Crippen LogP contribution in [0.25, 0.3) is 0 Å². The van der Waals surface area contributed by atoms with Crippen molar-refractivity contribution < 1.29 is 14.3 Å². The number of aryl methyl sites for hydroxylation is 1. The van der Waals surface area contributed by atoms with Crippen molar-refractivity contribution in [1.29, 1.82) is 0 Å². The van der Waals surface area contributed by atoms with E-state index in [9.17, 15) is 9.59 Å². The van der Waals surface area contributed by atoms with E-state index < -0.39 is 0 Å². The van der Waals surface area contributed by atoms with E-state index in [2.05, 4.69) is 20.2 Å². The molecule has 1 aromatic heterocycles. The van der Waals surface area contributed by atoms with Crippen molar-refractivity contribution in [1.82, 2.24) is 20.2 Å². The number of ether oxygens (including phenoxy) is 1. The molecular weight excluding hydrogens is 394 g/mol. The molecule has 2 heterocycles. The fraction of sp³-hybridized carbons (Fsp3) is 0.478. The highest BCUT2D eigenvalue weighted by atomic mass is 16.5. The summed E-state index contributed by atoms with van der Waals surface area (Å²) in [6.45, 7) is 4.78. The first-order chi connectivity index (χ1) is 15.0. The van der Waals surface area contributed by atoms with Crippen molar-refractivity contribution in [2.75, 3.05) is 38.2 Å². The van der Waals surface area contributed by atoms with Gasteiger partial charge in [0.25, 0.3) is 5.91 Å². The Morgan fingerprint density at radius 3 is 2.42 bits per heavy atom. The molecular formula is C23H29N5O3. The van der Waals surface area contributed by atoms with Gasteiger partial charge in [-0.15, -0.1) is 0 Å². The lowest BCUT2D eigenvalue weighted by Gasteiger charge is -2.38. The number of benzene rings is 1. The number of anilines is 1. The molecule has 2 amide bonds.